The fourth-order valence-corrected chi connectivity index (χ4v) is 2.25. The first-order valence-corrected chi connectivity index (χ1v) is 6.28. The Morgan fingerprint density at radius 3 is 3.16 bits per heavy atom. The number of amides is 2. The third kappa shape index (κ3) is 2.53. The van der Waals surface area contributed by atoms with E-state index in [4.69, 9.17) is 11.6 Å². The van der Waals surface area contributed by atoms with E-state index in [9.17, 15) is 4.79 Å². The van der Waals surface area contributed by atoms with Crippen molar-refractivity contribution in [3.63, 3.8) is 0 Å². The molecule has 0 spiro atoms. The summed E-state index contributed by atoms with van der Waals surface area (Å²) in [5.74, 6) is 0. The predicted molar refractivity (Wildman–Crippen MR) is 71.0 cm³/mol. The summed E-state index contributed by atoms with van der Waals surface area (Å²) in [6.07, 6.45) is 5.71. The van der Waals surface area contributed by atoms with Crippen LogP contribution in [-0.2, 0) is 13.0 Å². The number of carbonyl (C=O) groups excluding carboxylic acids is 1. The summed E-state index contributed by atoms with van der Waals surface area (Å²) < 4.78 is 0. The Morgan fingerprint density at radius 2 is 2.32 bits per heavy atom. The fourth-order valence-electron chi connectivity index (χ4n) is 2.07. The van der Waals surface area contributed by atoms with Crippen LogP contribution in [0, 0.1) is 0 Å². The molecule has 2 aromatic rings. The Balaban J connectivity index is 1.69. The Morgan fingerprint density at radius 1 is 1.42 bits per heavy atom. The predicted octanol–water partition coefficient (Wildman–Crippen LogP) is 2.05. The van der Waals surface area contributed by atoms with Gasteiger partial charge in [0.25, 0.3) is 0 Å². The molecule has 3 heterocycles. The first kappa shape index (κ1) is 12.0. The minimum absolute atomic E-state index is 0.163. The molecule has 1 aliphatic rings. The zero-order chi connectivity index (χ0) is 13.2. The van der Waals surface area contributed by atoms with E-state index in [1.165, 1.54) is 11.8 Å². The van der Waals surface area contributed by atoms with E-state index in [2.05, 4.69) is 20.5 Å². The van der Waals surface area contributed by atoms with Gasteiger partial charge in [-0.15, -0.1) is 0 Å². The molecule has 7 heteroatoms. The zero-order valence-electron chi connectivity index (χ0n) is 10.1. The number of fused-ring (bicyclic) bond motifs is 1. The number of nitrogens with zero attached hydrogens (tertiary/aromatic N) is 3. The third-order valence-corrected chi connectivity index (χ3v) is 3.26. The SMILES string of the molecule is O=C(Nc1cncc(Cl)c1)N1CCc2cn[nH]c2C1. The van der Waals surface area contributed by atoms with Crippen molar-refractivity contribution < 1.29 is 4.79 Å². The summed E-state index contributed by atoms with van der Waals surface area (Å²) in [6, 6.07) is 1.50. The number of aromatic amines is 1. The van der Waals surface area contributed by atoms with Crippen molar-refractivity contribution in [1.29, 1.82) is 0 Å². The molecular weight excluding hydrogens is 266 g/mol. The molecule has 0 bridgehead atoms. The van der Waals surface area contributed by atoms with Gasteiger partial charge >= 0.3 is 6.03 Å². The highest BCUT2D eigenvalue weighted by Crippen LogP contribution is 2.18. The van der Waals surface area contributed by atoms with Crippen LogP contribution in [0.25, 0.3) is 0 Å². The van der Waals surface area contributed by atoms with E-state index < -0.39 is 0 Å². The third-order valence-electron chi connectivity index (χ3n) is 3.05. The van der Waals surface area contributed by atoms with Gasteiger partial charge in [-0.2, -0.15) is 5.10 Å². The van der Waals surface area contributed by atoms with Gasteiger partial charge in [0.2, 0.25) is 0 Å². The van der Waals surface area contributed by atoms with Gasteiger partial charge in [-0.3, -0.25) is 10.1 Å². The molecular formula is C12H12ClN5O. The van der Waals surface area contributed by atoms with Crippen molar-refractivity contribution in [2.75, 3.05) is 11.9 Å². The van der Waals surface area contributed by atoms with Gasteiger partial charge in [-0.25, -0.2) is 4.79 Å². The van der Waals surface area contributed by atoms with E-state index in [0.717, 1.165) is 12.1 Å². The molecule has 0 atom stereocenters. The summed E-state index contributed by atoms with van der Waals surface area (Å²) in [7, 11) is 0. The van der Waals surface area contributed by atoms with E-state index in [0.29, 0.717) is 23.8 Å². The van der Waals surface area contributed by atoms with Crippen LogP contribution >= 0.6 is 11.6 Å². The molecule has 0 fully saturated rings. The number of H-pyrrole nitrogens is 1. The molecule has 2 N–H and O–H groups in total. The number of halogens is 1. The summed E-state index contributed by atoms with van der Waals surface area (Å²) >= 11 is 5.83. The summed E-state index contributed by atoms with van der Waals surface area (Å²) in [5.41, 5.74) is 2.76. The van der Waals surface area contributed by atoms with Crippen molar-refractivity contribution >= 4 is 23.3 Å². The molecule has 0 radical (unpaired) electrons. The lowest BCUT2D eigenvalue weighted by atomic mass is 10.1. The average Bonchev–Trinajstić information content (AvgIpc) is 2.85. The van der Waals surface area contributed by atoms with Crippen LogP contribution in [0.5, 0.6) is 0 Å². The second kappa shape index (κ2) is 4.89. The number of aromatic nitrogens is 3. The van der Waals surface area contributed by atoms with E-state index in [1.807, 2.05) is 6.20 Å². The number of hydrogen-bond acceptors (Lipinski definition) is 3. The molecule has 19 heavy (non-hydrogen) atoms. The van der Waals surface area contributed by atoms with Crippen molar-refractivity contribution in [2.24, 2.45) is 0 Å². The van der Waals surface area contributed by atoms with Crippen LogP contribution in [-0.4, -0.2) is 32.7 Å². The number of anilines is 1. The lowest BCUT2D eigenvalue weighted by Crippen LogP contribution is -2.38. The Kier molecular flexibility index (Phi) is 3.08. The van der Waals surface area contributed by atoms with Crippen molar-refractivity contribution in [2.45, 2.75) is 13.0 Å². The molecule has 0 aromatic carbocycles. The smallest absolute Gasteiger partial charge is 0.318 e. The van der Waals surface area contributed by atoms with Crippen molar-refractivity contribution in [3.8, 4) is 0 Å². The van der Waals surface area contributed by atoms with Crippen LogP contribution < -0.4 is 5.32 Å². The molecule has 0 aliphatic carbocycles. The minimum atomic E-state index is -0.163. The van der Waals surface area contributed by atoms with Gasteiger partial charge in [0.1, 0.15) is 0 Å². The van der Waals surface area contributed by atoms with E-state index in [-0.39, 0.29) is 6.03 Å². The zero-order valence-corrected chi connectivity index (χ0v) is 10.8. The first-order chi connectivity index (χ1) is 9.22. The summed E-state index contributed by atoms with van der Waals surface area (Å²) in [4.78, 5) is 17.8. The van der Waals surface area contributed by atoms with Gasteiger partial charge < -0.3 is 10.2 Å². The molecule has 0 unspecified atom stereocenters. The van der Waals surface area contributed by atoms with Crippen LogP contribution in [0.15, 0.2) is 24.7 Å². The Bertz CT molecular complexity index is 612. The number of pyridine rings is 1. The highest BCUT2D eigenvalue weighted by Gasteiger charge is 2.21. The van der Waals surface area contributed by atoms with Gasteiger partial charge in [0.15, 0.2) is 0 Å². The Hall–Kier alpha value is -2.08. The van der Waals surface area contributed by atoms with Gasteiger partial charge in [-0.1, -0.05) is 11.6 Å². The molecule has 3 rings (SSSR count). The number of rotatable bonds is 1. The number of hydrogen-bond donors (Lipinski definition) is 2. The molecule has 0 saturated carbocycles. The van der Waals surface area contributed by atoms with Crippen LogP contribution in [0.4, 0.5) is 10.5 Å². The lowest BCUT2D eigenvalue weighted by molar-refractivity contribution is 0.205. The monoisotopic (exact) mass is 277 g/mol. The van der Waals surface area contributed by atoms with Crippen molar-refractivity contribution in [1.82, 2.24) is 20.1 Å². The maximum atomic E-state index is 12.1. The largest absolute Gasteiger partial charge is 0.322 e. The number of carbonyl (C=O) groups is 1. The molecule has 98 valence electrons. The fraction of sp³-hybridized carbons (Fsp3) is 0.250. The van der Waals surface area contributed by atoms with Crippen LogP contribution in [0.1, 0.15) is 11.3 Å². The molecule has 2 aromatic heterocycles. The Labute approximate surface area is 114 Å². The second-order valence-corrected chi connectivity index (χ2v) is 4.80. The first-order valence-electron chi connectivity index (χ1n) is 5.90. The number of urea groups is 1. The van der Waals surface area contributed by atoms with E-state index in [1.54, 1.807) is 17.2 Å². The quantitative estimate of drug-likeness (QED) is 0.838. The summed E-state index contributed by atoms with van der Waals surface area (Å²) in [5, 5.41) is 10.2. The highest BCUT2D eigenvalue weighted by atomic mass is 35.5. The molecule has 6 nitrogen and oxygen atoms in total. The molecule has 1 aliphatic heterocycles. The topological polar surface area (TPSA) is 73.9 Å². The van der Waals surface area contributed by atoms with Gasteiger partial charge in [0.05, 0.1) is 35.3 Å². The van der Waals surface area contributed by atoms with Gasteiger partial charge in [-0.05, 0) is 18.1 Å². The molecule has 0 saturated heterocycles. The van der Waals surface area contributed by atoms with Gasteiger partial charge in [0, 0.05) is 12.7 Å². The normalized spacial score (nSPS) is 14.1. The molecule has 2 amide bonds. The lowest BCUT2D eigenvalue weighted by Gasteiger charge is -2.26. The van der Waals surface area contributed by atoms with E-state index >= 15 is 0 Å². The second-order valence-electron chi connectivity index (χ2n) is 4.37. The average molecular weight is 278 g/mol. The van der Waals surface area contributed by atoms with Crippen LogP contribution in [0.3, 0.4) is 0 Å². The van der Waals surface area contributed by atoms with Crippen molar-refractivity contribution in [3.05, 3.63) is 40.9 Å². The maximum Gasteiger partial charge on any atom is 0.322 e. The standard InChI is InChI=1S/C12H12ClN5O/c13-9-3-10(6-14-5-9)16-12(19)18-2-1-8-4-15-17-11(8)7-18/h3-6H,1-2,7H2,(H,15,17)(H,16,19). The number of nitrogens with one attached hydrogen (secondary N) is 2. The maximum absolute atomic E-state index is 12.1. The minimum Gasteiger partial charge on any atom is -0.318 e. The highest BCUT2D eigenvalue weighted by molar-refractivity contribution is 6.30. The summed E-state index contributed by atoms with van der Waals surface area (Å²) in [6.45, 7) is 1.21. The van der Waals surface area contributed by atoms with Crippen LogP contribution in [0.2, 0.25) is 5.02 Å².